The van der Waals surface area contributed by atoms with Gasteiger partial charge < -0.3 is 14.1 Å². The Morgan fingerprint density at radius 3 is 2.83 bits per heavy atom. The normalized spacial score (nSPS) is 17.6. The Morgan fingerprint density at radius 2 is 2.17 bits per heavy atom. The van der Waals surface area contributed by atoms with Crippen LogP contribution in [0.5, 0.6) is 0 Å². The molecule has 6 heteroatoms. The van der Waals surface area contributed by atoms with Crippen LogP contribution in [0.15, 0.2) is 35.3 Å². The molecule has 0 spiro atoms. The minimum atomic E-state index is -0.163. The van der Waals surface area contributed by atoms with Crippen molar-refractivity contribution >= 4 is 11.6 Å². The molecule has 2 aromatic rings. The Morgan fingerprint density at radius 1 is 1.39 bits per heavy atom. The number of carbonyl (C=O) groups excluding carboxylic acids is 1. The standard InChI is InChI=1S/C17H21N3O3/c1-12(2)16-15(19-11-23-16)17(21)20(10-14-4-3-9-22-14)13-5-7-18-8-6-13/h5-8,11-12,14H,3-4,9-10H2,1-2H3/t14-/m0/s1. The smallest absolute Gasteiger partial charge is 0.280 e. The highest BCUT2D eigenvalue weighted by atomic mass is 16.5. The molecule has 3 rings (SSSR count). The maximum absolute atomic E-state index is 13.0. The Labute approximate surface area is 135 Å². The summed E-state index contributed by atoms with van der Waals surface area (Å²) in [6.07, 6.45) is 6.74. The summed E-state index contributed by atoms with van der Waals surface area (Å²) < 4.78 is 11.1. The summed E-state index contributed by atoms with van der Waals surface area (Å²) in [4.78, 5) is 22.9. The van der Waals surface area contributed by atoms with Gasteiger partial charge in [-0.15, -0.1) is 0 Å². The van der Waals surface area contributed by atoms with Gasteiger partial charge in [0.15, 0.2) is 12.1 Å². The average molecular weight is 315 g/mol. The van der Waals surface area contributed by atoms with Gasteiger partial charge >= 0.3 is 0 Å². The van der Waals surface area contributed by atoms with Crippen molar-refractivity contribution in [3.05, 3.63) is 42.4 Å². The second-order valence-electron chi connectivity index (χ2n) is 5.98. The van der Waals surface area contributed by atoms with Crippen LogP contribution in [0, 0.1) is 0 Å². The second-order valence-corrected chi connectivity index (χ2v) is 5.98. The monoisotopic (exact) mass is 315 g/mol. The van der Waals surface area contributed by atoms with Gasteiger partial charge in [-0.3, -0.25) is 9.78 Å². The van der Waals surface area contributed by atoms with E-state index in [2.05, 4.69) is 9.97 Å². The van der Waals surface area contributed by atoms with E-state index < -0.39 is 0 Å². The van der Waals surface area contributed by atoms with Crippen molar-refractivity contribution in [3.63, 3.8) is 0 Å². The molecule has 0 unspecified atom stereocenters. The number of pyridine rings is 1. The molecule has 0 aliphatic carbocycles. The van der Waals surface area contributed by atoms with Crippen LogP contribution in [0.3, 0.4) is 0 Å². The number of hydrogen-bond acceptors (Lipinski definition) is 5. The van der Waals surface area contributed by atoms with Crippen LogP contribution in [-0.4, -0.2) is 35.1 Å². The number of nitrogens with zero attached hydrogens (tertiary/aromatic N) is 3. The zero-order valence-corrected chi connectivity index (χ0v) is 13.4. The summed E-state index contributed by atoms with van der Waals surface area (Å²) in [5.41, 5.74) is 1.16. The molecule has 1 aliphatic rings. The summed E-state index contributed by atoms with van der Waals surface area (Å²) in [5.74, 6) is 0.545. The highest BCUT2D eigenvalue weighted by Gasteiger charge is 2.28. The Bertz CT molecular complexity index is 648. The predicted molar refractivity (Wildman–Crippen MR) is 85.5 cm³/mol. The molecule has 0 radical (unpaired) electrons. The van der Waals surface area contributed by atoms with E-state index >= 15 is 0 Å². The molecule has 3 heterocycles. The molecule has 1 fully saturated rings. The molecular formula is C17H21N3O3. The quantitative estimate of drug-likeness (QED) is 0.848. The zero-order valence-electron chi connectivity index (χ0n) is 13.4. The number of amides is 1. The minimum Gasteiger partial charge on any atom is -0.447 e. The fourth-order valence-corrected chi connectivity index (χ4v) is 2.77. The molecule has 1 amide bonds. The Hall–Kier alpha value is -2.21. The fraction of sp³-hybridized carbons (Fsp3) is 0.471. The molecule has 1 aliphatic heterocycles. The average Bonchev–Trinajstić information content (AvgIpc) is 3.24. The van der Waals surface area contributed by atoms with Gasteiger partial charge in [-0.1, -0.05) is 13.8 Å². The molecule has 0 N–H and O–H groups in total. The van der Waals surface area contributed by atoms with Crippen LogP contribution >= 0.6 is 0 Å². The van der Waals surface area contributed by atoms with Gasteiger partial charge in [0, 0.05) is 30.6 Å². The number of hydrogen-bond donors (Lipinski definition) is 0. The van der Waals surface area contributed by atoms with Crippen molar-refractivity contribution in [2.75, 3.05) is 18.1 Å². The first-order valence-corrected chi connectivity index (χ1v) is 7.93. The number of anilines is 1. The number of ether oxygens (including phenoxy) is 1. The van der Waals surface area contributed by atoms with Crippen LogP contribution in [0.2, 0.25) is 0 Å². The molecule has 1 saturated heterocycles. The SMILES string of the molecule is CC(C)c1ocnc1C(=O)N(C[C@@H]1CCCO1)c1ccncc1. The van der Waals surface area contributed by atoms with E-state index in [9.17, 15) is 4.79 Å². The van der Waals surface area contributed by atoms with Gasteiger partial charge in [0.05, 0.1) is 12.6 Å². The molecule has 23 heavy (non-hydrogen) atoms. The number of oxazole rings is 1. The van der Waals surface area contributed by atoms with Gasteiger partial charge in [0.2, 0.25) is 0 Å². The zero-order chi connectivity index (χ0) is 16.2. The van der Waals surface area contributed by atoms with Crippen LogP contribution in [0.1, 0.15) is 48.9 Å². The summed E-state index contributed by atoms with van der Waals surface area (Å²) in [6.45, 7) is 5.22. The van der Waals surface area contributed by atoms with E-state index in [1.807, 2.05) is 26.0 Å². The summed E-state index contributed by atoms with van der Waals surface area (Å²) >= 11 is 0. The Kier molecular flexibility index (Phi) is 4.71. The second kappa shape index (κ2) is 6.91. The third-order valence-corrected chi connectivity index (χ3v) is 3.95. The fourth-order valence-electron chi connectivity index (χ4n) is 2.77. The first kappa shape index (κ1) is 15.7. The predicted octanol–water partition coefficient (Wildman–Crippen LogP) is 3.02. The molecule has 2 aromatic heterocycles. The van der Waals surface area contributed by atoms with E-state index in [4.69, 9.17) is 9.15 Å². The number of rotatable bonds is 5. The van der Waals surface area contributed by atoms with E-state index in [0.717, 1.165) is 25.1 Å². The molecule has 1 atom stereocenters. The van der Waals surface area contributed by atoms with Crippen LogP contribution in [0.25, 0.3) is 0 Å². The van der Waals surface area contributed by atoms with Crippen LogP contribution in [0.4, 0.5) is 5.69 Å². The van der Waals surface area contributed by atoms with E-state index in [1.165, 1.54) is 6.39 Å². The molecule has 0 bridgehead atoms. The van der Waals surface area contributed by atoms with Gasteiger partial charge in [-0.25, -0.2) is 4.98 Å². The van der Waals surface area contributed by atoms with Crippen LogP contribution in [-0.2, 0) is 4.74 Å². The topological polar surface area (TPSA) is 68.5 Å². The van der Waals surface area contributed by atoms with Gasteiger partial charge in [0.1, 0.15) is 5.76 Å². The first-order chi connectivity index (χ1) is 11.2. The molecule has 122 valence electrons. The largest absolute Gasteiger partial charge is 0.447 e. The molecule has 6 nitrogen and oxygen atoms in total. The lowest BCUT2D eigenvalue weighted by atomic mass is 10.1. The van der Waals surface area contributed by atoms with Gasteiger partial charge in [-0.2, -0.15) is 0 Å². The van der Waals surface area contributed by atoms with Crippen molar-refractivity contribution in [1.82, 2.24) is 9.97 Å². The number of aromatic nitrogens is 2. The lowest BCUT2D eigenvalue weighted by Gasteiger charge is -2.25. The van der Waals surface area contributed by atoms with Crippen molar-refractivity contribution < 1.29 is 13.9 Å². The number of carbonyl (C=O) groups is 1. The minimum absolute atomic E-state index is 0.0570. The van der Waals surface area contributed by atoms with E-state index in [1.54, 1.807) is 17.3 Å². The van der Waals surface area contributed by atoms with Crippen molar-refractivity contribution in [2.45, 2.75) is 38.7 Å². The van der Waals surface area contributed by atoms with E-state index in [0.29, 0.717) is 18.0 Å². The third kappa shape index (κ3) is 3.42. The van der Waals surface area contributed by atoms with Crippen molar-refractivity contribution in [2.24, 2.45) is 0 Å². The lowest BCUT2D eigenvalue weighted by molar-refractivity contribution is 0.0912. The van der Waals surface area contributed by atoms with E-state index in [-0.39, 0.29) is 17.9 Å². The summed E-state index contributed by atoms with van der Waals surface area (Å²) in [5, 5.41) is 0. The third-order valence-electron chi connectivity index (χ3n) is 3.95. The van der Waals surface area contributed by atoms with Crippen LogP contribution < -0.4 is 4.90 Å². The lowest BCUT2D eigenvalue weighted by Crippen LogP contribution is -2.38. The van der Waals surface area contributed by atoms with Gasteiger partial charge in [-0.05, 0) is 25.0 Å². The summed E-state index contributed by atoms with van der Waals surface area (Å²) in [7, 11) is 0. The molecule has 0 aromatic carbocycles. The first-order valence-electron chi connectivity index (χ1n) is 7.93. The van der Waals surface area contributed by atoms with Crippen molar-refractivity contribution in [1.29, 1.82) is 0 Å². The molecular weight excluding hydrogens is 294 g/mol. The molecule has 0 saturated carbocycles. The maximum Gasteiger partial charge on any atom is 0.280 e. The van der Waals surface area contributed by atoms with Crippen molar-refractivity contribution in [3.8, 4) is 0 Å². The maximum atomic E-state index is 13.0. The highest BCUT2D eigenvalue weighted by molar-refractivity contribution is 6.05. The Balaban J connectivity index is 1.90. The van der Waals surface area contributed by atoms with Gasteiger partial charge in [0.25, 0.3) is 5.91 Å². The highest BCUT2D eigenvalue weighted by Crippen LogP contribution is 2.24. The summed E-state index contributed by atoms with van der Waals surface area (Å²) in [6, 6.07) is 3.64.